The largest absolute Gasteiger partial charge is 0.467 e. The summed E-state index contributed by atoms with van der Waals surface area (Å²) in [5.74, 6) is 0.584. The zero-order valence-electron chi connectivity index (χ0n) is 9.90. The highest BCUT2D eigenvalue weighted by Crippen LogP contribution is 2.15. The van der Waals surface area contributed by atoms with Crippen molar-refractivity contribution in [3.8, 4) is 6.01 Å². The summed E-state index contributed by atoms with van der Waals surface area (Å²) in [7, 11) is 1.51. The number of hydrogen-bond donors (Lipinski definition) is 0. The highest BCUT2D eigenvalue weighted by atomic mass is 35.5. The number of aromatic nitrogens is 3. The molecule has 0 aromatic carbocycles. The Morgan fingerprint density at radius 2 is 1.75 bits per heavy atom. The first kappa shape index (κ1) is 13.0. The molecule has 5 nitrogen and oxygen atoms in total. The maximum absolute atomic E-state index is 5.80. The molecule has 0 saturated heterocycles. The van der Waals surface area contributed by atoms with Crippen LogP contribution in [0.2, 0.25) is 5.28 Å². The minimum Gasteiger partial charge on any atom is -0.467 e. The quantitative estimate of drug-likeness (QED) is 0.768. The molecular weight excluding hydrogens is 228 g/mol. The topological polar surface area (TPSA) is 51.1 Å². The van der Waals surface area contributed by atoms with Crippen LogP contribution in [0.25, 0.3) is 0 Å². The third-order valence-corrected chi connectivity index (χ3v) is 2.20. The van der Waals surface area contributed by atoms with Crippen molar-refractivity contribution in [2.45, 2.75) is 26.7 Å². The van der Waals surface area contributed by atoms with Crippen LogP contribution in [0.1, 0.15) is 26.7 Å². The number of methoxy groups -OCH3 is 1. The summed E-state index contributed by atoms with van der Waals surface area (Å²) in [5.41, 5.74) is 0. The van der Waals surface area contributed by atoms with Crippen LogP contribution < -0.4 is 9.64 Å². The second-order valence-electron chi connectivity index (χ2n) is 3.38. The Hall–Kier alpha value is -1.10. The smallest absolute Gasteiger partial charge is 0.322 e. The lowest BCUT2D eigenvalue weighted by atomic mass is 10.4. The maximum atomic E-state index is 5.80. The van der Waals surface area contributed by atoms with Gasteiger partial charge in [-0.2, -0.15) is 15.0 Å². The molecule has 1 rings (SSSR count). The first-order chi connectivity index (χ1) is 7.71. The van der Waals surface area contributed by atoms with E-state index in [2.05, 4.69) is 33.7 Å². The Morgan fingerprint density at radius 3 is 2.25 bits per heavy atom. The highest BCUT2D eigenvalue weighted by molar-refractivity contribution is 6.28. The summed E-state index contributed by atoms with van der Waals surface area (Å²) >= 11 is 5.80. The molecule has 0 unspecified atom stereocenters. The normalized spacial score (nSPS) is 10.2. The van der Waals surface area contributed by atoms with Crippen molar-refractivity contribution in [3.05, 3.63) is 5.28 Å². The van der Waals surface area contributed by atoms with E-state index in [1.807, 2.05) is 0 Å². The molecule has 0 atom stereocenters. The van der Waals surface area contributed by atoms with Gasteiger partial charge in [0.05, 0.1) is 7.11 Å². The minimum absolute atomic E-state index is 0.166. The highest BCUT2D eigenvalue weighted by Gasteiger charge is 2.11. The van der Waals surface area contributed by atoms with Gasteiger partial charge in [-0.25, -0.2) is 0 Å². The molecule has 0 saturated carbocycles. The monoisotopic (exact) mass is 244 g/mol. The summed E-state index contributed by atoms with van der Waals surface area (Å²) in [6, 6.07) is 0.257. The molecule has 0 aliphatic heterocycles. The van der Waals surface area contributed by atoms with Gasteiger partial charge in [-0.15, -0.1) is 0 Å². The van der Waals surface area contributed by atoms with Crippen molar-refractivity contribution in [2.75, 3.05) is 25.1 Å². The average Bonchev–Trinajstić information content (AvgIpc) is 2.28. The Bertz CT molecular complexity index is 329. The van der Waals surface area contributed by atoms with Gasteiger partial charge in [-0.3, -0.25) is 0 Å². The molecule has 0 fully saturated rings. The van der Waals surface area contributed by atoms with Crippen LogP contribution in [0.4, 0.5) is 5.95 Å². The van der Waals surface area contributed by atoms with Crippen molar-refractivity contribution < 1.29 is 4.74 Å². The number of ether oxygens (including phenoxy) is 1. The summed E-state index contributed by atoms with van der Waals surface area (Å²) in [6.07, 6.45) is 2.07. The van der Waals surface area contributed by atoms with Gasteiger partial charge < -0.3 is 9.64 Å². The van der Waals surface area contributed by atoms with Crippen molar-refractivity contribution in [1.29, 1.82) is 0 Å². The van der Waals surface area contributed by atoms with Gasteiger partial charge in [-0.1, -0.05) is 13.8 Å². The van der Waals surface area contributed by atoms with Gasteiger partial charge in [0.15, 0.2) is 0 Å². The lowest BCUT2D eigenvalue weighted by molar-refractivity contribution is 0.378. The number of anilines is 1. The Morgan fingerprint density at radius 1 is 1.12 bits per heavy atom. The van der Waals surface area contributed by atoms with Crippen LogP contribution in [0, 0.1) is 0 Å². The van der Waals surface area contributed by atoms with Crippen molar-refractivity contribution in [1.82, 2.24) is 15.0 Å². The van der Waals surface area contributed by atoms with Crippen LogP contribution >= 0.6 is 11.6 Å². The molecule has 0 aliphatic rings. The predicted octanol–water partition coefficient (Wildman–Crippen LogP) is 2.16. The minimum atomic E-state index is 0.166. The summed E-state index contributed by atoms with van der Waals surface area (Å²) < 4.78 is 4.97. The van der Waals surface area contributed by atoms with Crippen LogP contribution in [0.3, 0.4) is 0 Å². The summed E-state index contributed by atoms with van der Waals surface area (Å²) in [6.45, 7) is 6.03. The molecule has 0 aliphatic carbocycles. The first-order valence-electron chi connectivity index (χ1n) is 5.41. The van der Waals surface area contributed by atoms with Crippen LogP contribution in [-0.4, -0.2) is 35.2 Å². The van der Waals surface area contributed by atoms with Gasteiger partial charge in [0, 0.05) is 13.1 Å². The number of nitrogens with zero attached hydrogens (tertiary/aromatic N) is 4. The predicted molar refractivity (Wildman–Crippen MR) is 64.2 cm³/mol. The van der Waals surface area contributed by atoms with E-state index in [1.165, 1.54) is 7.11 Å². The number of halogens is 1. The molecule has 16 heavy (non-hydrogen) atoms. The first-order valence-corrected chi connectivity index (χ1v) is 5.79. The maximum Gasteiger partial charge on any atom is 0.322 e. The van der Waals surface area contributed by atoms with Crippen molar-refractivity contribution in [2.24, 2.45) is 0 Å². The Balaban J connectivity index is 2.93. The van der Waals surface area contributed by atoms with Gasteiger partial charge in [0.1, 0.15) is 0 Å². The van der Waals surface area contributed by atoms with E-state index < -0.39 is 0 Å². The van der Waals surface area contributed by atoms with E-state index in [0.717, 1.165) is 25.9 Å². The van der Waals surface area contributed by atoms with E-state index in [4.69, 9.17) is 16.3 Å². The third-order valence-electron chi connectivity index (χ3n) is 2.03. The molecule has 0 radical (unpaired) electrons. The molecule has 1 heterocycles. The van der Waals surface area contributed by atoms with E-state index in [1.54, 1.807) is 0 Å². The van der Waals surface area contributed by atoms with E-state index in [-0.39, 0.29) is 11.3 Å². The van der Waals surface area contributed by atoms with Crippen molar-refractivity contribution >= 4 is 17.5 Å². The lowest BCUT2D eigenvalue weighted by Crippen LogP contribution is -2.27. The zero-order valence-corrected chi connectivity index (χ0v) is 10.7. The standard InChI is InChI=1S/C10H17ClN4O/c1-4-6-15(7-5-2)9-12-8(11)13-10(14-9)16-3/h4-7H2,1-3H3. The molecule has 0 bridgehead atoms. The molecule has 1 aromatic heterocycles. The second kappa shape index (κ2) is 6.48. The molecule has 0 amide bonds. The fourth-order valence-electron chi connectivity index (χ4n) is 1.41. The molecule has 1 aromatic rings. The van der Waals surface area contributed by atoms with E-state index >= 15 is 0 Å². The van der Waals surface area contributed by atoms with Crippen LogP contribution in [-0.2, 0) is 0 Å². The number of hydrogen-bond acceptors (Lipinski definition) is 5. The fraction of sp³-hybridized carbons (Fsp3) is 0.700. The summed E-state index contributed by atoms with van der Waals surface area (Å²) in [5, 5.41) is 0.166. The molecule has 6 heteroatoms. The third kappa shape index (κ3) is 3.48. The average molecular weight is 245 g/mol. The van der Waals surface area contributed by atoms with Gasteiger partial charge in [0.2, 0.25) is 11.2 Å². The van der Waals surface area contributed by atoms with Crippen LogP contribution in [0.15, 0.2) is 0 Å². The van der Waals surface area contributed by atoms with E-state index in [9.17, 15) is 0 Å². The lowest BCUT2D eigenvalue weighted by Gasteiger charge is -2.21. The van der Waals surface area contributed by atoms with Crippen molar-refractivity contribution in [3.63, 3.8) is 0 Å². The second-order valence-corrected chi connectivity index (χ2v) is 3.72. The van der Waals surface area contributed by atoms with Gasteiger partial charge >= 0.3 is 6.01 Å². The molecular formula is C10H17ClN4O. The zero-order chi connectivity index (χ0) is 12.0. The molecule has 0 N–H and O–H groups in total. The molecule has 90 valence electrons. The Kier molecular flexibility index (Phi) is 5.25. The van der Waals surface area contributed by atoms with Crippen LogP contribution in [0.5, 0.6) is 6.01 Å². The Labute approximate surface area is 101 Å². The van der Waals surface area contributed by atoms with Gasteiger partial charge in [-0.05, 0) is 24.4 Å². The van der Waals surface area contributed by atoms with E-state index in [0.29, 0.717) is 5.95 Å². The number of rotatable bonds is 6. The summed E-state index contributed by atoms with van der Waals surface area (Å²) in [4.78, 5) is 14.2. The molecule has 0 spiro atoms. The SMILES string of the molecule is CCCN(CCC)c1nc(Cl)nc(OC)n1. The fourth-order valence-corrected chi connectivity index (χ4v) is 1.55. The van der Waals surface area contributed by atoms with Gasteiger partial charge in [0.25, 0.3) is 0 Å².